The second kappa shape index (κ2) is 7.57. The number of rotatable bonds is 5. The molecule has 6 nitrogen and oxygen atoms in total. The highest BCUT2D eigenvalue weighted by Gasteiger charge is 2.17. The van der Waals surface area contributed by atoms with Gasteiger partial charge in [-0.25, -0.2) is 18.7 Å². The number of aryl methyl sites for hydroxylation is 2. The molecule has 0 saturated carbocycles. The van der Waals surface area contributed by atoms with Crippen LogP contribution in [0.25, 0.3) is 10.2 Å². The van der Waals surface area contributed by atoms with E-state index in [1.54, 1.807) is 11.3 Å². The van der Waals surface area contributed by atoms with Crippen molar-refractivity contribution in [3.63, 3.8) is 0 Å². The third kappa shape index (κ3) is 3.91. The van der Waals surface area contributed by atoms with Crippen LogP contribution in [0.5, 0.6) is 0 Å². The summed E-state index contributed by atoms with van der Waals surface area (Å²) in [6.45, 7) is 3.94. The molecule has 0 radical (unpaired) electrons. The van der Waals surface area contributed by atoms with Crippen molar-refractivity contribution >= 4 is 50.8 Å². The van der Waals surface area contributed by atoms with Gasteiger partial charge in [-0.05, 0) is 25.5 Å². The average molecular weight is 408 g/mol. The summed E-state index contributed by atoms with van der Waals surface area (Å²) in [5.41, 5.74) is 5.27. The van der Waals surface area contributed by atoms with E-state index in [2.05, 4.69) is 15.3 Å². The van der Waals surface area contributed by atoms with Crippen molar-refractivity contribution in [3.8, 4) is 0 Å². The second-order valence-electron chi connectivity index (χ2n) is 5.66. The third-order valence-corrected chi connectivity index (χ3v) is 5.97. The molecule has 10 heteroatoms. The number of halogens is 2. The summed E-state index contributed by atoms with van der Waals surface area (Å²) < 4.78 is 27.4. The van der Waals surface area contributed by atoms with Crippen molar-refractivity contribution < 1.29 is 18.4 Å². The SMILES string of the molecule is Cc1sc2ncnc(SCC(=O)Nc3cc(C(N)=O)c(F)cc3F)c2c1C. The van der Waals surface area contributed by atoms with Gasteiger partial charge in [0.1, 0.15) is 27.8 Å². The number of nitrogens with two attached hydrogens (primary N) is 1. The summed E-state index contributed by atoms with van der Waals surface area (Å²) in [7, 11) is 0. The molecular weight excluding hydrogens is 394 g/mol. The zero-order chi connectivity index (χ0) is 19.7. The van der Waals surface area contributed by atoms with Crippen molar-refractivity contribution in [1.82, 2.24) is 9.97 Å². The predicted molar refractivity (Wildman–Crippen MR) is 101 cm³/mol. The van der Waals surface area contributed by atoms with Gasteiger partial charge in [-0.2, -0.15) is 0 Å². The lowest BCUT2D eigenvalue weighted by molar-refractivity contribution is -0.113. The fourth-order valence-electron chi connectivity index (χ4n) is 2.41. The van der Waals surface area contributed by atoms with Crippen molar-refractivity contribution in [2.75, 3.05) is 11.1 Å². The number of primary amides is 1. The summed E-state index contributed by atoms with van der Waals surface area (Å²) in [6.07, 6.45) is 1.43. The topological polar surface area (TPSA) is 98.0 Å². The van der Waals surface area contributed by atoms with Crippen LogP contribution in [0.1, 0.15) is 20.8 Å². The highest BCUT2D eigenvalue weighted by molar-refractivity contribution is 8.00. The Labute approximate surface area is 161 Å². The van der Waals surface area contributed by atoms with Crippen LogP contribution in [-0.2, 0) is 4.79 Å². The van der Waals surface area contributed by atoms with E-state index in [9.17, 15) is 18.4 Å². The van der Waals surface area contributed by atoms with Crippen LogP contribution in [0.2, 0.25) is 0 Å². The lowest BCUT2D eigenvalue weighted by Gasteiger charge is -2.09. The molecule has 0 unspecified atom stereocenters. The van der Waals surface area contributed by atoms with Gasteiger partial charge < -0.3 is 11.1 Å². The Balaban J connectivity index is 1.76. The minimum absolute atomic E-state index is 0.0524. The maximum Gasteiger partial charge on any atom is 0.251 e. The van der Waals surface area contributed by atoms with E-state index in [1.165, 1.54) is 18.1 Å². The number of fused-ring (bicyclic) bond motifs is 1. The normalized spacial score (nSPS) is 11.0. The molecule has 2 heterocycles. The van der Waals surface area contributed by atoms with E-state index < -0.39 is 29.0 Å². The Morgan fingerprint density at radius 1 is 1.22 bits per heavy atom. The van der Waals surface area contributed by atoms with Crippen molar-refractivity contribution in [1.29, 1.82) is 0 Å². The molecule has 27 heavy (non-hydrogen) atoms. The van der Waals surface area contributed by atoms with Crippen LogP contribution in [0, 0.1) is 25.5 Å². The molecule has 2 aromatic heterocycles. The molecule has 3 rings (SSSR count). The zero-order valence-corrected chi connectivity index (χ0v) is 15.9. The maximum absolute atomic E-state index is 13.8. The van der Waals surface area contributed by atoms with Gasteiger partial charge in [-0.15, -0.1) is 11.3 Å². The Morgan fingerprint density at radius 3 is 2.67 bits per heavy atom. The first-order chi connectivity index (χ1) is 12.8. The number of carbonyl (C=O) groups excluding carboxylic acids is 2. The van der Waals surface area contributed by atoms with Crippen LogP contribution in [0.15, 0.2) is 23.5 Å². The van der Waals surface area contributed by atoms with Gasteiger partial charge in [0, 0.05) is 16.3 Å². The highest BCUT2D eigenvalue weighted by Crippen LogP contribution is 2.34. The molecule has 2 amide bonds. The van der Waals surface area contributed by atoms with Crippen LogP contribution in [-0.4, -0.2) is 27.5 Å². The molecule has 0 spiro atoms. The van der Waals surface area contributed by atoms with Gasteiger partial charge in [-0.1, -0.05) is 11.8 Å². The molecule has 3 N–H and O–H groups in total. The largest absolute Gasteiger partial charge is 0.366 e. The van der Waals surface area contributed by atoms with E-state index in [0.717, 1.165) is 26.7 Å². The third-order valence-electron chi connectivity index (χ3n) is 3.87. The minimum atomic E-state index is -1.08. The Hall–Kier alpha value is -2.59. The van der Waals surface area contributed by atoms with Gasteiger partial charge in [0.15, 0.2) is 0 Å². The lowest BCUT2D eigenvalue weighted by Crippen LogP contribution is -2.18. The van der Waals surface area contributed by atoms with E-state index in [-0.39, 0.29) is 11.4 Å². The number of amides is 2. The van der Waals surface area contributed by atoms with Crippen LogP contribution in [0.3, 0.4) is 0 Å². The first-order valence-electron chi connectivity index (χ1n) is 7.70. The number of benzene rings is 1. The summed E-state index contributed by atoms with van der Waals surface area (Å²) in [4.78, 5) is 33.7. The smallest absolute Gasteiger partial charge is 0.251 e. The van der Waals surface area contributed by atoms with E-state index in [0.29, 0.717) is 11.1 Å². The van der Waals surface area contributed by atoms with E-state index in [4.69, 9.17) is 5.73 Å². The predicted octanol–water partition coefficient (Wildman–Crippen LogP) is 3.42. The summed E-state index contributed by atoms with van der Waals surface area (Å²) in [5.74, 6) is -3.71. The van der Waals surface area contributed by atoms with Crippen LogP contribution < -0.4 is 11.1 Å². The maximum atomic E-state index is 13.8. The lowest BCUT2D eigenvalue weighted by atomic mass is 10.1. The summed E-state index contributed by atoms with van der Waals surface area (Å²) in [6, 6.07) is 1.39. The van der Waals surface area contributed by atoms with Crippen molar-refractivity contribution in [3.05, 3.63) is 46.1 Å². The van der Waals surface area contributed by atoms with Gasteiger partial charge in [0.25, 0.3) is 5.91 Å². The monoisotopic (exact) mass is 408 g/mol. The quantitative estimate of drug-likeness (QED) is 0.498. The van der Waals surface area contributed by atoms with Crippen molar-refractivity contribution in [2.24, 2.45) is 5.73 Å². The standard InChI is InChI=1S/C17H14F2N4O2S2/c1-7-8(2)27-17-14(7)16(21-6-22-17)26-5-13(24)23-12-3-9(15(20)25)10(18)4-11(12)19/h3-4,6H,5H2,1-2H3,(H2,20,25)(H,23,24). The number of nitrogens with zero attached hydrogens (tertiary/aromatic N) is 2. The average Bonchev–Trinajstić information content (AvgIpc) is 2.90. The Bertz CT molecular complexity index is 1070. The number of hydrogen-bond donors (Lipinski definition) is 2. The fraction of sp³-hybridized carbons (Fsp3) is 0.176. The summed E-state index contributed by atoms with van der Waals surface area (Å²) >= 11 is 2.72. The highest BCUT2D eigenvalue weighted by atomic mass is 32.2. The van der Waals surface area contributed by atoms with Gasteiger partial charge in [-0.3, -0.25) is 9.59 Å². The molecule has 3 aromatic rings. The van der Waals surface area contributed by atoms with E-state index in [1.807, 2.05) is 13.8 Å². The second-order valence-corrected chi connectivity index (χ2v) is 7.82. The number of nitrogens with one attached hydrogen (secondary N) is 1. The molecule has 0 atom stereocenters. The molecule has 0 saturated heterocycles. The molecule has 0 aliphatic carbocycles. The first kappa shape index (κ1) is 19.2. The number of carbonyl (C=O) groups is 2. The van der Waals surface area contributed by atoms with Crippen molar-refractivity contribution in [2.45, 2.75) is 18.9 Å². The first-order valence-corrected chi connectivity index (χ1v) is 9.50. The minimum Gasteiger partial charge on any atom is -0.366 e. The zero-order valence-electron chi connectivity index (χ0n) is 14.3. The Morgan fingerprint density at radius 2 is 1.96 bits per heavy atom. The van der Waals surface area contributed by atoms with Crippen LogP contribution in [0.4, 0.5) is 14.5 Å². The van der Waals surface area contributed by atoms with E-state index >= 15 is 0 Å². The number of thioether (sulfide) groups is 1. The molecule has 1 aromatic carbocycles. The number of anilines is 1. The van der Waals surface area contributed by atoms with Gasteiger partial charge in [0.05, 0.1) is 17.0 Å². The molecule has 140 valence electrons. The Kier molecular flexibility index (Phi) is 5.38. The molecule has 0 aliphatic heterocycles. The summed E-state index contributed by atoms with van der Waals surface area (Å²) in [5, 5.41) is 3.86. The number of hydrogen-bond acceptors (Lipinski definition) is 6. The van der Waals surface area contributed by atoms with Crippen LogP contribution >= 0.6 is 23.1 Å². The molecule has 0 bridgehead atoms. The van der Waals surface area contributed by atoms with Gasteiger partial charge in [0.2, 0.25) is 5.91 Å². The molecular formula is C17H14F2N4O2S2. The fourth-order valence-corrected chi connectivity index (χ4v) is 4.33. The molecule has 0 aliphatic rings. The number of thiophene rings is 1. The van der Waals surface area contributed by atoms with Gasteiger partial charge >= 0.3 is 0 Å². The molecule has 0 fully saturated rings. The number of aromatic nitrogens is 2.